The van der Waals surface area contributed by atoms with E-state index in [0.29, 0.717) is 5.41 Å². The van der Waals surface area contributed by atoms with Crippen molar-refractivity contribution in [3.05, 3.63) is 48.3 Å². The van der Waals surface area contributed by atoms with Crippen LogP contribution in [0, 0.1) is 34.5 Å². The van der Waals surface area contributed by atoms with Gasteiger partial charge in [0.05, 0.1) is 5.69 Å². The second kappa shape index (κ2) is 4.82. The Hall–Kier alpha value is -1.37. The Morgan fingerprint density at radius 1 is 1.30 bits per heavy atom. The molecular formula is C22H29N. The van der Waals surface area contributed by atoms with E-state index in [1.165, 1.54) is 30.4 Å². The quantitative estimate of drug-likeness (QED) is 0.693. The minimum atomic E-state index is 0.220. The molecule has 0 N–H and O–H groups in total. The van der Waals surface area contributed by atoms with E-state index in [2.05, 4.69) is 57.5 Å². The minimum Gasteiger partial charge on any atom is -0.256 e. The first-order valence-corrected chi connectivity index (χ1v) is 9.29. The maximum absolute atomic E-state index is 4.65. The molecule has 0 saturated heterocycles. The zero-order chi connectivity index (χ0) is 16.4. The fraction of sp³-hybridized carbons (Fsp3) is 0.591. The summed E-state index contributed by atoms with van der Waals surface area (Å²) in [5.41, 5.74) is 4.43. The summed E-state index contributed by atoms with van der Waals surface area (Å²) in [5.74, 6) is 3.11. The summed E-state index contributed by atoms with van der Waals surface area (Å²) in [6.07, 6.45) is 8.40. The third-order valence-electron chi connectivity index (χ3n) is 7.80. The fourth-order valence-corrected chi connectivity index (χ4v) is 6.34. The van der Waals surface area contributed by atoms with Gasteiger partial charge >= 0.3 is 0 Å². The van der Waals surface area contributed by atoms with Crippen LogP contribution in [-0.2, 0) is 0 Å². The van der Waals surface area contributed by atoms with Crippen LogP contribution in [0.5, 0.6) is 0 Å². The lowest BCUT2D eigenvalue weighted by atomic mass is 9.51. The summed E-state index contributed by atoms with van der Waals surface area (Å²) >= 11 is 0. The average Bonchev–Trinajstić information content (AvgIpc) is 3.13. The van der Waals surface area contributed by atoms with Crippen LogP contribution in [0.2, 0.25) is 0 Å². The molecule has 0 bridgehead atoms. The summed E-state index contributed by atoms with van der Waals surface area (Å²) in [6, 6.07) is 6.24. The Balaban J connectivity index is 1.84. The van der Waals surface area contributed by atoms with Gasteiger partial charge < -0.3 is 0 Å². The largest absolute Gasteiger partial charge is 0.256 e. The van der Waals surface area contributed by atoms with Crippen molar-refractivity contribution in [1.29, 1.82) is 0 Å². The number of rotatable bonds is 3. The maximum Gasteiger partial charge on any atom is 0.0701 e. The third-order valence-corrected chi connectivity index (χ3v) is 7.80. The molecule has 1 heteroatoms. The van der Waals surface area contributed by atoms with E-state index in [1.54, 1.807) is 0 Å². The molecule has 0 spiro atoms. The highest BCUT2D eigenvalue weighted by molar-refractivity contribution is 5.81. The topological polar surface area (TPSA) is 12.9 Å². The molecule has 3 aliphatic rings. The van der Waals surface area contributed by atoms with Crippen molar-refractivity contribution in [2.45, 2.75) is 47.0 Å². The van der Waals surface area contributed by atoms with Gasteiger partial charge in [0.25, 0.3) is 0 Å². The van der Waals surface area contributed by atoms with Crippen LogP contribution in [0.1, 0.15) is 52.7 Å². The molecule has 4 rings (SSSR count). The third kappa shape index (κ3) is 1.71. The molecule has 2 saturated carbocycles. The molecular weight excluding hydrogens is 278 g/mol. The van der Waals surface area contributed by atoms with Crippen molar-refractivity contribution >= 4 is 5.57 Å². The second-order valence-corrected chi connectivity index (χ2v) is 8.50. The molecule has 6 unspecified atom stereocenters. The number of allylic oxidation sites excluding steroid dienone is 3. The van der Waals surface area contributed by atoms with Gasteiger partial charge in [0.15, 0.2) is 0 Å². The summed E-state index contributed by atoms with van der Waals surface area (Å²) in [6.45, 7) is 14.5. The highest BCUT2D eigenvalue weighted by Gasteiger charge is 2.75. The van der Waals surface area contributed by atoms with Gasteiger partial charge in [-0.25, -0.2) is 0 Å². The van der Waals surface area contributed by atoms with Gasteiger partial charge in [0.2, 0.25) is 0 Å². The number of nitrogens with zero attached hydrogens (tertiary/aromatic N) is 1. The number of hydrogen-bond donors (Lipinski definition) is 0. The molecule has 1 heterocycles. The molecule has 0 radical (unpaired) electrons. The zero-order valence-corrected chi connectivity index (χ0v) is 15.0. The van der Waals surface area contributed by atoms with Crippen LogP contribution in [-0.4, -0.2) is 4.98 Å². The van der Waals surface area contributed by atoms with E-state index in [1.807, 2.05) is 12.3 Å². The van der Waals surface area contributed by atoms with Gasteiger partial charge in [-0.05, 0) is 65.2 Å². The molecule has 2 fully saturated rings. The number of hydrogen-bond acceptors (Lipinski definition) is 1. The second-order valence-electron chi connectivity index (χ2n) is 8.50. The van der Waals surface area contributed by atoms with Gasteiger partial charge in [-0.3, -0.25) is 4.98 Å². The molecule has 0 aromatic carbocycles. The molecule has 0 amide bonds. The van der Waals surface area contributed by atoms with Crippen molar-refractivity contribution < 1.29 is 0 Å². The molecule has 3 aliphatic carbocycles. The Morgan fingerprint density at radius 3 is 2.74 bits per heavy atom. The van der Waals surface area contributed by atoms with Crippen LogP contribution >= 0.6 is 0 Å². The standard InChI is InChI=1S/C22H29N/c1-6-9-17-14(2)12-18-19-13-16(20-10-7-8-11-23-20)15(3)21(17,4)22(18,19)5/h7-8,10-11,13-14,17-19H,3,6,9,12H2,1-2,4-5H3. The van der Waals surface area contributed by atoms with Crippen LogP contribution in [0.15, 0.2) is 42.6 Å². The van der Waals surface area contributed by atoms with Crippen LogP contribution < -0.4 is 0 Å². The predicted molar refractivity (Wildman–Crippen MR) is 96.7 cm³/mol. The van der Waals surface area contributed by atoms with Gasteiger partial charge in [-0.15, -0.1) is 0 Å². The monoisotopic (exact) mass is 307 g/mol. The average molecular weight is 307 g/mol. The minimum absolute atomic E-state index is 0.220. The summed E-state index contributed by atoms with van der Waals surface area (Å²) in [7, 11) is 0. The highest BCUT2D eigenvalue weighted by atomic mass is 14.8. The zero-order valence-electron chi connectivity index (χ0n) is 15.0. The van der Waals surface area contributed by atoms with Gasteiger partial charge in [0.1, 0.15) is 0 Å². The molecule has 0 aliphatic heterocycles. The first kappa shape index (κ1) is 15.2. The van der Waals surface area contributed by atoms with Crippen molar-refractivity contribution in [1.82, 2.24) is 4.98 Å². The Kier molecular flexibility index (Phi) is 3.18. The normalized spacial score (nSPS) is 44.5. The van der Waals surface area contributed by atoms with Crippen molar-refractivity contribution in [2.75, 3.05) is 0 Å². The molecule has 1 nitrogen and oxygen atoms in total. The maximum atomic E-state index is 4.65. The molecule has 23 heavy (non-hydrogen) atoms. The fourth-order valence-electron chi connectivity index (χ4n) is 6.34. The van der Waals surface area contributed by atoms with E-state index in [-0.39, 0.29) is 5.41 Å². The lowest BCUT2D eigenvalue weighted by Crippen LogP contribution is -2.46. The Bertz CT molecular complexity index is 672. The van der Waals surface area contributed by atoms with Gasteiger partial charge in [-0.2, -0.15) is 0 Å². The Morgan fingerprint density at radius 2 is 2.09 bits per heavy atom. The lowest BCUT2D eigenvalue weighted by Gasteiger charge is -2.53. The summed E-state index contributed by atoms with van der Waals surface area (Å²) in [4.78, 5) is 4.63. The van der Waals surface area contributed by atoms with Crippen LogP contribution in [0.3, 0.4) is 0 Å². The van der Waals surface area contributed by atoms with Crippen molar-refractivity contribution in [2.24, 2.45) is 34.5 Å². The van der Waals surface area contributed by atoms with E-state index >= 15 is 0 Å². The SMILES string of the molecule is C=C1C(c2ccccn2)=CC2C3CC(C)C(CCC)C1(C)C23C. The van der Waals surface area contributed by atoms with Gasteiger partial charge in [-0.1, -0.05) is 52.8 Å². The number of fused-ring (bicyclic) bond motifs is 1. The van der Waals surface area contributed by atoms with E-state index in [0.717, 1.165) is 29.4 Å². The van der Waals surface area contributed by atoms with Crippen molar-refractivity contribution in [3.8, 4) is 0 Å². The first-order valence-electron chi connectivity index (χ1n) is 9.29. The van der Waals surface area contributed by atoms with Crippen LogP contribution in [0.25, 0.3) is 5.57 Å². The Labute approximate surface area is 140 Å². The van der Waals surface area contributed by atoms with E-state index < -0.39 is 0 Å². The summed E-state index contributed by atoms with van der Waals surface area (Å²) < 4.78 is 0. The first-order chi connectivity index (χ1) is 11.0. The molecule has 1 aromatic rings. The number of aromatic nitrogens is 1. The van der Waals surface area contributed by atoms with Crippen molar-refractivity contribution in [3.63, 3.8) is 0 Å². The molecule has 122 valence electrons. The van der Waals surface area contributed by atoms with Crippen LogP contribution in [0.4, 0.5) is 0 Å². The molecule has 6 atom stereocenters. The highest BCUT2D eigenvalue weighted by Crippen LogP contribution is 2.81. The lowest BCUT2D eigenvalue weighted by molar-refractivity contribution is 0.0257. The summed E-state index contributed by atoms with van der Waals surface area (Å²) in [5, 5.41) is 0. The molecule has 1 aromatic heterocycles. The number of pyridine rings is 1. The van der Waals surface area contributed by atoms with E-state index in [9.17, 15) is 0 Å². The smallest absolute Gasteiger partial charge is 0.0701 e. The van der Waals surface area contributed by atoms with Gasteiger partial charge in [0, 0.05) is 11.6 Å². The predicted octanol–water partition coefficient (Wildman–Crippen LogP) is 5.75. The van der Waals surface area contributed by atoms with E-state index in [4.69, 9.17) is 0 Å².